The second-order valence-electron chi connectivity index (χ2n) is 7.01. The zero-order chi connectivity index (χ0) is 23.1. The molecule has 8 heteroatoms. The van der Waals surface area contributed by atoms with Gasteiger partial charge in [-0.2, -0.15) is 0 Å². The Morgan fingerprint density at radius 3 is 2.42 bits per heavy atom. The molecule has 0 spiro atoms. The molecule has 2 amide bonds. The fourth-order valence-corrected chi connectivity index (χ4v) is 3.97. The van der Waals surface area contributed by atoms with Crippen molar-refractivity contribution >= 4 is 40.6 Å². The summed E-state index contributed by atoms with van der Waals surface area (Å²) >= 11 is 1.04. The fraction of sp³-hybridized carbons (Fsp3) is 0.348. The number of nitrogens with zero attached hydrogens (tertiary/aromatic N) is 2. The maximum absolute atomic E-state index is 12.6. The monoisotopic (exact) mass is 443 g/mol. The first-order valence-electron chi connectivity index (χ1n) is 10.0. The third-order valence-electron chi connectivity index (χ3n) is 4.74. The van der Waals surface area contributed by atoms with Crippen molar-refractivity contribution in [3.63, 3.8) is 0 Å². The minimum Gasteiger partial charge on any atom is -0.462 e. The van der Waals surface area contributed by atoms with Crippen LogP contribution in [0.25, 0.3) is 6.08 Å². The number of aromatic nitrogens is 1. The smallest absolute Gasteiger partial charge is 0.340 e. The number of anilines is 1. The number of hydrogen-bond acceptors (Lipinski definition) is 5. The lowest BCUT2D eigenvalue weighted by Gasteiger charge is -2.12. The standard InChI is InChI=1S/C23H29N3O4S/c1-7-26-15(3)17(21(16(26)4)22(28)30-8-2)13-14-20(27)24-18-11-9-10-12-19(18)31-23(29)25(5)6/h9-14H,7-8H2,1-6H3,(H,24,27)/b14-13+. The molecule has 0 bridgehead atoms. The molecule has 1 aromatic heterocycles. The van der Waals surface area contributed by atoms with Gasteiger partial charge in [-0.05, 0) is 57.7 Å². The largest absolute Gasteiger partial charge is 0.462 e. The number of para-hydroxylation sites is 1. The molecule has 0 aliphatic rings. The van der Waals surface area contributed by atoms with Gasteiger partial charge in [-0.15, -0.1) is 0 Å². The molecule has 0 aliphatic carbocycles. The Morgan fingerprint density at radius 2 is 1.81 bits per heavy atom. The zero-order valence-electron chi connectivity index (χ0n) is 18.8. The molecule has 0 fully saturated rings. The van der Waals surface area contributed by atoms with E-state index < -0.39 is 5.97 Å². The highest BCUT2D eigenvalue weighted by Crippen LogP contribution is 2.29. The quantitative estimate of drug-likeness (QED) is 0.380. The molecule has 166 valence electrons. The summed E-state index contributed by atoms with van der Waals surface area (Å²) in [7, 11) is 3.35. The number of esters is 1. The molecule has 1 aromatic carbocycles. The molecule has 0 radical (unpaired) electrons. The van der Waals surface area contributed by atoms with Crippen LogP contribution < -0.4 is 5.32 Å². The van der Waals surface area contributed by atoms with E-state index in [0.717, 1.165) is 23.1 Å². The first-order chi connectivity index (χ1) is 14.7. The van der Waals surface area contributed by atoms with Crippen LogP contribution in [0.1, 0.15) is 41.2 Å². The van der Waals surface area contributed by atoms with Crippen LogP contribution in [0.4, 0.5) is 10.5 Å². The summed E-state index contributed by atoms with van der Waals surface area (Å²) in [4.78, 5) is 39.3. The Labute approximate surface area is 187 Å². The molecule has 0 aliphatic heterocycles. The summed E-state index contributed by atoms with van der Waals surface area (Å²) in [6.45, 7) is 8.52. The van der Waals surface area contributed by atoms with E-state index in [1.54, 1.807) is 45.3 Å². The van der Waals surface area contributed by atoms with Gasteiger partial charge < -0.3 is 19.5 Å². The van der Waals surface area contributed by atoms with Crippen LogP contribution in [0, 0.1) is 13.8 Å². The summed E-state index contributed by atoms with van der Waals surface area (Å²) in [5.41, 5.74) is 3.38. The highest BCUT2D eigenvalue weighted by atomic mass is 32.2. The number of nitrogens with one attached hydrogen (secondary N) is 1. The molecule has 31 heavy (non-hydrogen) atoms. The Balaban J connectivity index is 2.29. The van der Waals surface area contributed by atoms with E-state index in [1.165, 1.54) is 11.0 Å². The maximum atomic E-state index is 12.6. The molecule has 0 atom stereocenters. The molecule has 2 aromatic rings. The number of hydrogen-bond donors (Lipinski definition) is 1. The van der Waals surface area contributed by atoms with E-state index in [2.05, 4.69) is 5.32 Å². The average molecular weight is 444 g/mol. The van der Waals surface area contributed by atoms with Gasteiger partial charge in [0.15, 0.2) is 0 Å². The Morgan fingerprint density at radius 1 is 1.13 bits per heavy atom. The normalized spacial score (nSPS) is 10.9. The minimum atomic E-state index is -0.403. The zero-order valence-corrected chi connectivity index (χ0v) is 19.6. The van der Waals surface area contributed by atoms with Gasteiger partial charge in [0.05, 0.1) is 17.9 Å². The topological polar surface area (TPSA) is 80.6 Å². The molecular weight excluding hydrogens is 414 g/mol. The summed E-state index contributed by atoms with van der Waals surface area (Å²) in [6.07, 6.45) is 3.02. The number of rotatable bonds is 7. The number of ether oxygens (including phenoxy) is 1. The van der Waals surface area contributed by atoms with Crippen molar-refractivity contribution in [2.75, 3.05) is 26.0 Å². The lowest BCUT2D eigenvalue weighted by Crippen LogP contribution is -2.16. The van der Waals surface area contributed by atoms with E-state index >= 15 is 0 Å². The Hall–Kier alpha value is -3.00. The number of benzene rings is 1. The minimum absolute atomic E-state index is 0.136. The van der Waals surface area contributed by atoms with Crippen LogP contribution in [0.3, 0.4) is 0 Å². The molecule has 1 heterocycles. The maximum Gasteiger partial charge on any atom is 0.340 e. The van der Waals surface area contributed by atoms with Crippen LogP contribution in [0.5, 0.6) is 0 Å². The molecule has 0 saturated heterocycles. The van der Waals surface area contributed by atoms with Gasteiger partial charge in [0, 0.05) is 48.6 Å². The van der Waals surface area contributed by atoms with Gasteiger partial charge in [-0.25, -0.2) is 4.79 Å². The number of carbonyl (C=O) groups excluding carboxylic acids is 3. The van der Waals surface area contributed by atoms with Crippen LogP contribution in [0.15, 0.2) is 35.2 Å². The third-order valence-corrected chi connectivity index (χ3v) is 5.85. The summed E-state index contributed by atoms with van der Waals surface area (Å²) in [5, 5.41) is 2.68. The van der Waals surface area contributed by atoms with Gasteiger partial charge in [0.2, 0.25) is 5.91 Å². The molecule has 7 nitrogen and oxygen atoms in total. The fourth-order valence-electron chi connectivity index (χ4n) is 3.22. The molecule has 0 unspecified atom stereocenters. The van der Waals surface area contributed by atoms with Crippen LogP contribution in [-0.2, 0) is 16.1 Å². The van der Waals surface area contributed by atoms with E-state index in [0.29, 0.717) is 28.3 Å². The SMILES string of the molecule is CCOC(=O)c1c(/C=C/C(=O)Nc2ccccc2SC(=O)N(C)C)c(C)n(CC)c1C. The predicted molar refractivity (Wildman–Crippen MR) is 125 cm³/mol. The lowest BCUT2D eigenvalue weighted by atomic mass is 10.1. The van der Waals surface area contributed by atoms with E-state index in [9.17, 15) is 14.4 Å². The number of amides is 2. The average Bonchev–Trinajstić information content (AvgIpc) is 2.96. The van der Waals surface area contributed by atoms with Gasteiger partial charge in [0.1, 0.15) is 0 Å². The Bertz CT molecular complexity index is 1010. The highest BCUT2D eigenvalue weighted by molar-refractivity contribution is 8.13. The van der Waals surface area contributed by atoms with E-state index in [-0.39, 0.29) is 17.8 Å². The third kappa shape index (κ3) is 5.79. The number of thioether (sulfide) groups is 1. The molecule has 0 saturated carbocycles. The van der Waals surface area contributed by atoms with E-state index in [1.807, 2.05) is 31.4 Å². The van der Waals surface area contributed by atoms with Crippen molar-refractivity contribution in [2.45, 2.75) is 39.1 Å². The predicted octanol–water partition coefficient (Wildman–Crippen LogP) is 4.73. The van der Waals surface area contributed by atoms with E-state index in [4.69, 9.17) is 4.74 Å². The molecule has 2 rings (SSSR count). The first kappa shape index (κ1) is 24.3. The Kier molecular flexibility index (Phi) is 8.50. The highest BCUT2D eigenvalue weighted by Gasteiger charge is 2.22. The second kappa shape index (κ2) is 10.9. The first-order valence-corrected chi connectivity index (χ1v) is 10.9. The molecular formula is C23H29N3O4S. The summed E-state index contributed by atoms with van der Waals surface area (Å²) in [6, 6.07) is 7.11. The van der Waals surface area contributed by atoms with Crippen LogP contribution >= 0.6 is 11.8 Å². The van der Waals surface area contributed by atoms with Crippen molar-refractivity contribution in [3.8, 4) is 0 Å². The van der Waals surface area contributed by atoms with Gasteiger partial charge in [-0.3, -0.25) is 9.59 Å². The van der Waals surface area contributed by atoms with Crippen molar-refractivity contribution < 1.29 is 19.1 Å². The number of carbonyl (C=O) groups is 3. The van der Waals surface area contributed by atoms with Crippen molar-refractivity contribution in [1.82, 2.24) is 9.47 Å². The van der Waals surface area contributed by atoms with Gasteiger partial charge in [-0.1, -0.05) is 12.1 Å². The molecule has 1 N–H and O–H groups in total. The lowest BCUT2D eigenvalue weighted by molar-refractivity contribution is -0.111. The summed E-state index contributed by atoms with van der Waals surface area (Å²) in [5.74, 6) is -0.763. The van der Waals surface area contributed by atoms with Crippen molar-refractivity contribution in [1.29, 1.82) is 0 Å². The van der Waals surface area contributed by atoms with Gasteiger partial charge in [0.25, 0.3) is 5.24 Å². The van der Waals surface area contributed by atoms with Crippen molar-refractivity contribution in [2.24, 2.45) is 0 Å². The summed E-state index contributed by atoms with van der Waals surface area (Å²) < 4.78 is 7.23. The second-order valence-corrected chi connectivity index (χ2v) is 8.00. The van der Waals surface area contributed by atoms with Crippen LogP contribution in [-0.4, -0.2) is 47.3 Å². The van der Waals surface area contributed by atoms with Crippen LogP contribution in [0.2, 0.25) is 0 Å². The van der Waals surface area contributed by atoms with Gasteiger partial charge >= 0.3 is 5.97 Å². The van der Waals surface area contributed by atoms with Crippen molar-refractivity contribution in [3.05, 3.63) is 52.9 Å².